The van der Waals surface area contributed by atoms with E-state index in [4.69, 9.17) is 0 Å². The molecule has 1 unspecified atom stereocenters. The van der Waals surface area contributed by atoms with Gasteiger partial charge in [-0.3, -0.25) is 0 Å². The Hall–Kier alpha value is -1.50. The lowest BCUT2D eigenvalue weighted by Crippen LogP contribution is -2.16. The first-order chi connectivity index (χ1) is 8.32. The molecule has 0 N–H and O–H groups in total. The second kappa shape index (κ2) is 3.04. The minimum atomic E-state index is 0.371. The molecule has 2 aromatic rings. The zero-order chi connectivity index (χ0) is 11.5. The minimum Gasteiger partial charge on any atom is -0.347 e. The van der Waals surface area contributed by atoms with Gasteiger partial charge in [0.25, 0.3) is 0 Å². The molecule has 17 heavy (non-hydrogen) atoms. The Kier molecular flexibility index (Phi) is 1.70. The molecule has 2 aliphatic rings. The van der Waals surface area contributed by atoms with E-state index in [2.05, 4.69) is 48.0 Å². The normalized spacial score (nSPS) is 26.2. The largest absolute Gasteiger partial charge is 0.347 e. The summed E-state index contributed by atoms with van der Waals surface area (Å²) in [5, 5.41) is 1.48. The van der Waals surface area contributed by atoms with Gasteiger partial charge in [0.2, 0.25) is 0 Å². The van der Waals surface area contributed by atoms with Crippen molar-refractivity contribution < 1.29 is 0 Å². The number of allylic oxidation sites excluding steroid dienone is 2. The summed E-state index contributed by atoms with van der Waals surface area (Å²) in [4.78, 5) is 0. The molecule has 1 heteroatoms. The molecule has 86 valence electrons. The quantitative estimate of drug-likeness (QED) is 0.600. The van der Waals surface area contributed by atoms with Crippen LogP contribution in [0.15, 0.2) is 36.4 Å². The maximum atomic E-state index is 2.48. The minimum absolute atomic E-state index is 0.371. The molecule has 1 atom stereocenters. The van der Waals surface area contributed by atoms with E-state index >= 15 is 0 Å². The van der Waals surface area contributed by atoms with E-state index in [1.54, 1.807) is 11.3 Å². The highest BCUT2D eigenvalue weighted by molar-refractivity contribution is 5.88. The van der Waals surface area contributed by atoms with Gasteiger partial charge in [0, 0.05) is 29.1 Å². The Morgan fingerprint density at radius 3 is 2.88 bits per heavy atom. The molecule has 0 fully saturated rings. The Bertz CT molecular complexity index is 632. The van der Waals surface area contributed by atoms with Crippen LogP contribution in [0.3, 0.4) is 0 Å². The second-order valence-corrected chi connectivity index (χ2v) is 5.50. The third-order valence-corrected chi connectivity index (χ3v) is 4.73. The van der Waals surface area contributed by atoms with Gasteiger partial charge in [0.15, 0.2) is 0 Å². The molecule has 1 spiro atoms. The smallest absolute Gasteiger partial charge is 0.0483 e. The predicted molar refractivity (Wildman–Crippen MR) is 71.3 cm³/mol. The standard InChI is InChI=1S/C16H17N/c1-17-13-7-3-2-6-12(13)15-14(17)8-11-16(15)9-4-5-10-16/h2-4,6-7,9H,5,8,10-11H2,1H3. The number of aryl methyl sites for hydroxylation is 1. The van der Waals surface area contributed by atoms with Gasteiger partial charge in [-0.05, 0) is 37.3 Å². The lowest BCUT2D eigenvalue weighted by molar-refractivity contribution is 0.522. The lowest BCUT2D eigenvalue weighted by Gasteiger charge is -2.21. The van der Waals surface area contributed by atoms with E-state index in [9.17, 15) is 0 Å². The monoisotopic (exact) mass is 223 g/mol. The molecule has 0 aliphatic heterocycles. The summed E-state index contributed by atoms with van der Waals surface area (Å²) in [5.41, 5.74) is 4.97. The van der Waals surface area contributed by atoms with Gasteiger partial charge >= 0.3 is 0 Å². The molecule has 2 aliphatic carbocycles. The maximum Gasteiger partial charge on any atom is 0.0483 e. The van der Waals surface area contributed by atoms with Crippen molar-refractivity contribution in [3.05, 3.63) is 47.7 Å². The number of nitrogens with zero attached hydrogens (tertiary/aromatic N) is 1. The first-order valence-electron chi connectivity index (χ1n) is 6.56. The van der Waals surface area contributed by atoms with Gasteiger partial charge in [0.05, 0.1) is 0 Å². The molecule has 0 radical (unpaired) electrons. The van der Waals surface area contributed by atoms with E-state index in [1.807, 2.05) is 0 Å². The van der Waals surface area contributed by atoms with Gasteiger partial charge in [-0.1, -0.05) is 30.4 Å². The van der Waals surface area contributed by atoms with Crippen molar-refractivity contribution in [1.82, 2.24) is 4.57 Å². The SMILES string of the molecule is Cn1c2c(c3ccccc31)C1(C=CCC1)CC2. The van der Waals surface area contributed by atoms with Gasteiger partial charge in [0.1, 0.15) is 0 Å². The van der Waals surface area contributed by atoms with Crippen molar-refractivity contribution in [1.29, 1.82) is 0 Å². The van der Waals surface area contributed by atoms with E-state index in [0.717, 1.165) is 0 Å². The van der Waals surface area contributed by atoms with Gasteiger partial charge < -0.3 is 4.57 Å². The number of benzene rings is 1. The van der Waals surface area contributed by atoms with Crippen molar-refractivity contribution >= 4 is 10.9 Å². The molecular weight excluding hydrogens is 206 g/mol. The molecule has 1 aromatic heterocycles. The summed E-state index contributed by atoms with van der Waals surface area (Å²) in [5.74, 6) is 0. The van der Waals surface area contributed by atoms with Crippen LogP contribution in [-0.4, -0.2) is 4.57 Å². The third-order valence-electron chi connectivity index (χ3n) is 4.73. The summed E-state index contributed by atoms with van der Waals surface area (Å²) < 4.78 is 2.41. The first kappa shape index (κ1) is 9.52. The Morgan fingerprint density at radius 2 is 2.06 bits per heavy atom. The fourth-order valence-electron chi connectivity index (χ4n) is 3.91. The first-order valence-corrected chi connectivity index (χ1v) is 6.56. The van der Waals surface area contributed by atoms with Crippen molar-refractivity contribution in [3.8, 4) is 0 Å². The van der Waals surface area contributed by atoms with E-state index < -0.39 is 0 Å². The Balaban J connectivity index is 2.11. The van der Waals surface area contributed by atoms with Gasteiger partial charge in [-0.25, -0.2) is 0 Å². The average Bonchev–Trinajstić information content (AvgIpc) is 3.02. The Labute approximate surface area is 102 Å². The van der Waals surface area contributed by atoms with Crippen molar-refractivity contribution in [3.63, 3.8) is 0 Å². The fourth-order valence-corrected chi connectivity index (χ4v) is 3.91. The van der Waals surface area contributed by atoms with Crippen LogP contribution in [0.1, 0.15) is 30.5 Å². The molecule has 0 amide bonds. The van der Waals surface area contributed by atoms with Crippen LogP contribution in [0.5, 0.6) is 0 Å². The van der Waals surface area contributed by atoms with Crippen molar-refractivity contribution in [2.24, 2.45) is 7.05 Å². The number of hydrogen-bond acceptors (Lipinski definition) is 0. The van der Waals surface area contributed by atoms with Crippen molar-refractivity contribution in [2.75, 3.05) is 0 Å². The number of hydrogen-bond donors (Lipinski definition) is 0. The zero-order valence-electron chi connectivity index (χ0n) is 10.2. The summed E-state index contributed by atoms with van der Waals surface area (Å²) >= 11 is 0. The summed E-state index contributed by atoms with van der Waals surface area (Å²) in [6.45, 7) is 0. The fraction of sp³-hybridized carbons (Fsp3) is 0.375. The van der Waals surface area contributed by atoms with Gasteiger partial charge in [-0.2, -0.15) is 0 Å². The number of aromatic nitrogens is 1. The molecule has 0 saturated heterocycles. The predicted octanol–water partition coefficient (Wildman–Crippen LogP) is 3.71. The van der Waals surface area contributed by atoms with Crippen LogP contribution in [0.2, 0.25) is 0 Å². The van der Waals surface area contributed by atoms with E-state index in [-0.39, 0.29) is 0 Å². The molecule has 0 saturated carbocycles. The summed E-state index contributed by atoms with van der Waals surface area (Å²) in [6, 6.07) is 8.87. The lowest BCUT2D eigenvalue weighted by atomic mass is 9.81. The van der Waals surface area contributed by atoms with E-state index in [0.29, 0.717) is 5.41 Å². The van der Waals surface area contributed by atoms with Crippen molar-refractivity contribution in [2.45, 2.75) is 31.1 Å². The summed E-state index contributed by atoms with van der Waals surface area (Å²) in [6.07, 6.45) is 9.97. The van der Waals surface area contributed by atoms with Crippen LogP contribution in [-0.2, 0) is 18.9 Å². The van der Waals surface area contributed by atoms with Crippen LogP contribution < -0.4 is 0 Å². The summed E-state index contributed by atoms with van der Waals surface area (Å²) in [7, 11) is 2.22. The number of fused-ring (bicyclic) bond motifs is 4. The molecule has 1 heterocycles. The molecule has 4 rings (SSSR count). The number of para-hydroxylation sites is 1. The molecule has 1 nitrogen and oxygen atoms in total. The highest BCUT2D eigenvalue weighted by Crippen LogP contribution is 2.50. The van der Waals surface area contributed by atoms with Crippen LogP contribution in [0.25, 0.3) is 10.9 Å². The maximum absolute atomic E-state index is 2.48. The highest BCUT2D eigenvalue weighted by Gasteiger charge is 2.41. The average molecular weight is 223 g/mol. The second-order valence-electron chi connectivity index (χ2n) is 5.50. The highest BCUT2D eigenvalue weighted by atomic mass is 15.0. The third kappa shape index (κ3) is 1.05. The van der Waals surface area contributed by atoms with Gasteiger partial charge in [-0.15, -0.1) is 0 Å². The van der Waals surface area contributed by atoms with Crippen LogP contribution in [0, 0.1) is 0 Å². The molecular formula is C16H17N. The zero-order valence-corrected chi connectivity index (χ0v) is 10.2. The molecule has 0 bridgehead atoms. The van der Waals surface area contributed by atoms with E-state index in [1.165, 1.54) is 36.6 Å². The topological polar surface area (TPSA) is 4.93 Å². The molecule has 1 aromatic carbocycles. The Morgan fingerprint density at radius 1 is 1.18 bits per heavy atom. The number of rotatable bonds is 0. The van der Waals surface area contributed by atoms with Crippen LogP contribution in [0.4, 0.5) is 0 Å². The van der Waals surface area contributed by atoms with Crippen LogP contribution >= 0.6 is 0 Å².